The molecule has 1 fully saturated rings. The van der Waals surface area contributed by atoms with Crippen LogP contribution in [0, 0.1) is 0 Å². The Bertz CT molecular complexity index is 1000. The first-order valence-electron chi connectivity index (χ1n) is 10.6. The van der Waals surface area contributed by atoms with Crippen molar-refractivity contribution in [2.75, 3.05) is 32.7 Å². The van der Waals surface area contributed by atoms with Crippen LogP contribution in [-0.4, -0.2) is 59.3 Å². The molecule has 2 heterocycles. The van der Waals surface area contributed by atoms with Crippen LogP contribution in [0.25, 0.3) is 0 Å². The van der Waals surface area contributed by atoms with Gasteiger partial charge in [-0.1, -0.05) is 30.3 Å². The van der Waals surface area contributed by atoms with Crippen LogP contribution in [0.1, 0.15) is 21.6 Å². The van der Waals surface area contributed by atoms with E-state index in [0.717, 1.165) is 11.3 Å². The summed E-state index contributed by atoms with van der Waals surface area (Å²) in [5.74, 6) is 0.715. The third kappa shape index (κ3) is 6.15. The van der Waals surface area contributed by atoms with Crippen molar-refractivity contribution in [3.63, 3.8) is 0 Å². The number of nitrogens with zero attached hydrogens (tertiary/aromatic N) is 3. The quantitative estimate of drug-likeness (QED) is 0.571. The molecule has 7 nitrogen and oxygen atoms in total. The third-order valence-electron chi connectivity index (χ3n) is 5.33. The SMILES string of the molecule is O=C(CN1CCN(C(=O)c2ccc(OCc3cscn3)cc2)CC1)NCc1ccccc1. The van der Waals surface area contributed by atoms with Crippen LogP contribution < -0.4 is 10.1 Å². The fourth-order valence-electron chi connectivity index (χ4n) is 3.51. The molecule has 3 aromatic rings. The molecule has 0 atom stereocenters. The first kappa shape index (κ1) is 22.0. The highest BCUT2D eigenvalue weighted by Gasteiger charge is 2.23. The molecular formula is C24H26N4O3S. The number of rotatable bonds is 8. The maximum Gasteiger partial charge on any atom is 0.253 e. The van der Waals surface area contributed by atoms with E-state index in [1.165, 1.54) is 11.3 Å². The van der Waals surface area contributed by atoms with E-state index in [0.29, 0.717) is 57.2 Å². The van der Waals surface area contributed by atoms with Crippen LogP contribution in [0.15, 0.2) is 65.5 Å². The molecule has 1 aromatic heterocycles. The zero-order valence-corrected chi connectivity index (χ0v) is 18.6. The van der Waals surface area contributed by atoms with Gasteiger partial charge in [0.05, 0.1) is 17.7 Å². The second kappa shape index (κ2) is 10.9. The number of nitrogens with one attached hydrogen (secondary N) is 1. The minimum Gasteiger partial charge on any atom is -0.487 e. The Morgan fingerprint density at radius 2 is 1.75 bits per heavy atom. The third-order valence-corrected chi connectivity index (χ3v) is 5.97. The van der Waals surface area contributed by atoms with Gasteiger partial charge in [0.2, 0.25) is 5.91 Å². The maximum atomic E-state index is 12.8. The molecule has 0 bridgehead atoms. The lowest BCUT2D eigenvalue weighted by Crippen LogP contribution is -2.51. The monoisotopic (exact) mass is 450 g/mol. The van der Waals surface area contributed by atoms with Crippen LogP contribution in [-0.2, 0) is 17.9 Å². The summed E-state index contributed by atoms with van der Waals surface area (Å²) in [7, 11) is 0. The largest absolute Gasteiger partial charge is 0.487 e. The number of piperazine rings is 1. The zero-order chi connectivity index (χ0) is 22.2. The zero-order valence-electron chi connectivity index (χ0n) is 17.8. The van der Waals surface area contributed by atoms with Gasteiger partial charge in [0, 0.05) is 43.7 Å². The van der Waals surface area contributed by atoms with Gasteiger partial charge in [0.1, 0.15) is 12.4 Å². The van der Waals surface area contributed by atoms with E-state index in [1.807, 2.05) is 52.7 Å². The van der Waals surface area contributed by atoms with E-state index in [4.69, 9.17) is 4.74 Å². The molecule has 32 heavy (non-hydrogen) atoms. The minimum atomic E-state index is 0.00173. The van der Waals surface area contributed by atoms with Gasteiger partial charge >= 0.3 is 0 Å². The summed E-state index contributed by atoms with van der Waals surface area (Å²) in [4.78, 5) is 33.2. The van der Waals surface area contributed by atoms with Gasteiger partial charge in [-0.2, -0.15) is 0 Å². The summed E-state index contributed by atoms with van der Waals surface area (Å²) < 4.78 is 5.70. The normalized spacial score (nSPS) is 14.2. The number of carbonyl (C=O) groups excluding carboxylic acids is 2. The van der Waals surface area contributed by atoms with Crippen LogP contribution >= 0.6 is 11.3 Å². The summed E-state index contributed by atoms with van der Waals surface area (Å²) in [5.41, 5.74) is 4.38. The molecule has 0 radical (unpaired) electrons. The molecule has 1 aliphatic rings. The van der Waals surface area contributed by atoms with E-state index >= 15 is 0 Å². The molecule has 0 aliphatic carbocycles. The summed E-state index contributed by atoms with van der Waals surface area (Å²) in [6.45, 7) is 3.86. The van der Waals surface area contributed by atoms with Crippen molar-refractivity contribution < 1.29 is 14.3 Å². The molecule has 4 rings (SSSR count). The Labute approximate surface area is 191 Å². The summed E-state index contributed by atoms with van der Waals surface area (Å²) in [6, 6.07) is 17.1. The Kier molecular flexibility index (Phi) is 7.47. The van der Waals surface area contributed by atoms with Crippen molar-refractivity contribution in [2.45, 2.75) is 13.2 Å². The maximum absolute atomic E-state index is 12.8. The molecule has 1 aliphatic heterocycles. The van der Waals surface area contributed by atoms with Gasteiger partial charge in [-0.25, -0.2) is 4.98 Å². The van der Waals surface area contributed by atoms with Crippen LogP contribution in [0.3, 0.4) is 0 Å². The lowest BCUT2D eigenvalue weighted by molar-refractivity contribution is -0.122. The highest BCUT2D eigenvalue weighted by atomic mass is 32.1. The van der Waals surface area contributed by atoms with E-state index in [9.17, 15) is 9.59 Å². The average molecular weight is 451 g/mol. The molecular weight excluding hydrogens is 424 g/mol. The van der Waals surface area contributed by atoms with Crippen molar-refractivity contribution >= 4 is 23.2 Å². The Hall–Kier alpha value is -3.23. The Morgan fingerprint density at radius 3 is 2.44 bits per heavy atom. The van der Waals surface area contributed by atoms with Gasteiger partial charge in [0.25, 0.3) is 5.91 Å². The predicted octanol–water partition coefficient (Wildman–Crippen LogP) is 2.80. The lowest BCUT2D eigenvalue weighted by Gasteiger charge is -2.34. The molecule has 0 unspecified atom stereocenters. The summed E-state index contributed by atoms with van der Waals surface area (Å²) in [6.07, 6.45) is 0. The molecule has 0 spiro atoms. The Balaban J connectivity index is 1.19. The number of aromatic nitrogens is 1. The first-order chi connectivity index (χ1) is 15.7. The number of carbonyl (C=O) groups is 2. The average Bonchev–Trinajstić information content (AvgIpc) is 3.36. The number of hydrogen-bond donors (Lipinski definition) is 1. The van der Waals surface area contributed by atoms with E-state index < -0.39 is 0 Å². The molecule has 2 aromatic carbocycles. The predicted molar refractivity (Wildman–Crippen MR) is 124 cm³/mol. The molecule has 1 N–H and O–H groups in total. The topological polar surface area (TPSA) is 74.8 Å². The van der Waals surface area contributed by atoms with Crippen LogP contribution in [0.5, 0.6) is 5.75 Å². The van der Waals surface area contributed by atoms with Crippen LogP contribution in [0.2, 0.25) is 0 Å². The molecule has 8 heteroatoms. The van der Waals surface area contributed by atoms with Crippen molar-refractivity contribution in [3.05, 3.63) is 82.3 Å². The number of amides is 2. The molecule has 1 saturated heterocycles. The minimum absolute atomic E-state index is 0.00173. The highest BCUT2D eigenvalue weighted by Crippen LogP contribution is 2.16. The number of thiazole rings is 1. The first-order valence-corrected chi connectivity index (χ1v) is 11.5. The van der Waals surface area contributed by atoms with E-state index in [-0.39, 0.29) is 11.8 Å². The second-order valence-electron chi connectivity index (χ2n) is 7.62. The van der Waals surface area contributed by atoms with Gasteiger partial charge in [-0.3, -0.25) is 14.5 Å². The van der Waals surface area contributed by atoms with Gasteiger partial charge < -0.3 is 15.0 Å². The molecule has 166 valence electrons. The van der Waals surface area contributed by atoms with Gasteiger partial charge in [0.15, 0.2) is 0 Å². The lowest BCUT2D eigenvalue weighted by atomic mass is 10.1. The molecule has 2 amide bonds. The number of ether oxygens (including phenoxy) is 1. The van der Waals surface area contributed by atoms with Crippen molar-refractivity contribution in [1.29, 1.82) is 0 Å². The van der Waals surface area contributed by atoms with Gasteiger partial charge in [-0.15, -0.1) is 11.3 Å². The molecule has 0 saturated carbocycles. The number of benzene rings is 2. The van der Waals surface area contributed by atoms with E-state index in [2.05, 4.69) is 15.2 Å². The van der Waals surface area contributed by atoms with Crippen molar-refractivity contribution in [2.24, 2.45) is 0 Å². The standard InChI is InChI=1S/C24H26N4O3S/c29-23(25-14-19-4-2-1-3-5-19)15-27-10-12-28(13-11-27)24(30)20-6-8-22(9-7-20)31-16-21-17-32-18-26-21/h1-9,17-18H,10-16H2,(H,25,29). The number of hydrogen-bond acceptors (Lipinski definition) is 6. The van der Waals surface area contributed by atoms with Crippen molar-refractivity contribution in [1.82, 2.24) is 20.1 Å². The van der Waals surface area contributed by atoms with E-state index in [1.54, 1.807) is 17.6 Å². The second-order valence-corrected chi connectivity index (χ2v) is 8.34. The van der Waals surface area contributed by atoms with Crippen LogP contribution in [0.4, 0.5) is 0 Å². The fourth-order valence-corrected chi connectivity index (χ4v) is 4.05. The highest BCUT2D eigenvalue weighted by molar-refractivity contribution is 7.07. The summed E-state index contributed by atoms with van der Waals surface area (Å²) in [5, 5.41) is 4.90. The Morgan fingerprint density at radius 1 is 1.00 bits per heavy atom. The van der Waals surface area contributed by atoms with Crippen molar-refractivity contribution in [3.8, 4) is 5.75 Å². The van der Waals surface area contributed by atoms with Gasteiger partial charge in [-0.05, 0) is 29.8 Å². The fraction of sp³-hybridized carbons (Fsp3) is 0.292. The summed E-state index contributed by atoms with van der Waals surface area (Å²) >= 11 is 1.53. The smallest absolute Gasteiger partial charge is 0.253 e.